The molecule has 0 aromatic heterocycles. The molecule has 2 aromatic rings. The minimum absolute atomic E-state index is 0.124. The molecule has 0 heterocycles. The van der Waals surface area contributed by atoms with Crippen molar-refractivity contribution in [2.24, 2.45) is 0 Å². The zero-order valence-corrected chi connectivity index (χ0v) is 14.7. The molecular weight excluding hydrogens is 310 g/mol. The molecule has 0 radical (unpaired) electrons. The summed E-state index contributed by atoms with van der Waals surface area (Å²) in [7, 11) is 0. The first-order valence-corrected chi connectivity index (χ1v) is 8.34. The van der Waals surface area contributed by atoms with Gasteiger partial charge in [0.05, 0.1) is 12.7 Å². The third-order valence-corrected chi connectivity index (χ3v) is 3.64. The molecule has 0 aliphatic heterocycles. The molecule has 0 spiro atoms. The van der Waals surface area contributed by atoms with Crippen molar-refractivity contribution in [3.63, 3.8) is 0 Å². The van der Waals surface area contributed by atoms with E-state index in [0.717, 1.165) is 40.7 Å². The molecule has 3 nitrogen and oxygen atoms in total. The zero-order valence-electron chi connectivity index (χ0n) is 13.9. The molecule has 0 saturated carbocycles. The number of rotatable bonds is 8. The molecule has 124 valence electrons. The largest absolute Gasteiger partial charge is 0.490 e. The Morgan fingerprint density at radius 2 is 1.83 bits per heavy atom. The van der Waals surface area contributed by atoms with E-state index in [0.29, 0.717) is 6.61 Å². The van der Waals surface area contributed by atoms with Crippen molar-refractivity contribution in [2.45, 2.75) is 40.0 Å². The second kappa shape index (κ2) is 8.80. The predicted molar refractivity (Wildman–Crippen MR) is 95.4 cm³/mol. The van der Waals surface area contributed by atoms with Gasteiger partial charge in [-0.1, -0.05) is 35.9 Å². The summed E-state index contributed by atoms with van der Waals surface area (Å²) >= 11 is 6.17. The summed E-state index contributed by atoms with van der Waals surface area (Å²) in [4.78, 5) is 0. The van der Waals surface area contributed by atoms with E-state index in [9.17, 15) is 0 Å². The minimum atomic E-state index is 0.124. The molecular formula is C19H24ClNO2. The van der Waals surface area contributed by atoms with E-state index in [2.05, 4.69) is 11.4 Å². The lowest BCUT2D eigenvalue weighted by molar-refractivity contribution is 0.223. The Labute approximate surface area is 143 Å². The molecule has 0 fully saturated rings. The van der Waals surface area contributed by atoms with Crippen LogP contribution < -0.4 is 14.8 Å². The van der Waals surface area contributed by atoms with Crippen LogP contribution in [-0.2, 0) is 13.1 Å². The number of halogens is 1. The number of hydrogen-bond acceptors (Lipinski definition) is 3. The lowest BCUT2D eigenvalue weighted by Gasteiger charge is -2.16. The lowest BCUT2D eigenvalue weighted by atomic mass is 10.2. The highest BCUT2D eigenvalue weighted by atomic mass is 35.5. The molecule has 0 bridgehead atoms. The fraction of sp³-hybridized carbons (Fsp3) is 0.368. The predicted octanol–water partition coefficient (Wildman–Crippen LogP) is 4.82. The van der Waals surface area contributed by atoms with Gasteiger partial charge >= 0.3 is 0 Å². The molecule has 0 saturated heterocycles. The van der Waals surface area contributed by atoms with Crippen molar-refractivity contribution >= 4 is 11.6 Å². The fourth-order valence-corrected chi connectivity index (χ4v) is 2.47. The summed E-state index contributed by atoms with van der Waals surface area (Å²) in [6.07, 6.45) is 0.124. The Bertz CT molecular complexity index is 629. The van der Waals surface area contributed by atoms with Gasteiger partial charge in [0.1, 0.15) is 0 Å². The van der Waals surface area contributed by atoms with Crippen molar-refractivity contribution in [2.75, 3.05) is 6.61 Å². The average molecular weight is 334 g/mol. The first kappa shape index (κ1) is 17.6. The number of hydrogen-bond donors (Lipinski definition) is 1. The number of nitrogens with one attached hydrogen (secondary N) is 1. The van der Waals surface area contributed by atoms with Crippen molar-refractivity contribution in [1.29, 1.82) is 0 Å². The highest BCUT2D eigenvalue weighted by Gasteiger charge is 2.08. The van der Waals surface area contributed by atoms with Crippen LogP contribution in [0.15, 0.2) is 42.5 Å². The zero-order chi connectivity index (χ0) is 16.7. The number of ether oxygens (including phenoxy) is 2. The van der Waals surface area contributed by atoms with Crippen LogP contribution in [0.1, 0.15) is 31.9 Å². The van der Waals surface area contributed by atoms with Crippen LogP contribution in [0, 0.1) is 0 Å². The standard InChI is InChI=1S/C19H24ClNO2/c1-4-22-19-11-15(9-10-18(19)23-14(2)3)12-21-13-16-7-5-6-8-17(16)20/h5-11,14,21H,4,12-13H2,1-3H3. The summed E-state index contributed by atoms with van der Waals surface area (Å²) in [5.41, 5.74) is 2.25. The molecule has 1 N–H and O–H groups in total. The van der Waals surface area contributed by atoms with E-state index in [-0.39, 0.29) is 6.10 Å². The van der Waals surface area contributed by atoms with E-state index in [1.165, 1.54) is 0 Å². The highest BCUT2D eigenvalue weighted by Crippen LogP contribution is 2.29. The Hall–Kier alpha value is -1.71. The SMILES string of the molecule is CCOc1cc(CNCc2ccccc2Cl)ccc1OC(C)C. The summed E-state index contributed by atoms with van der Waals surface area (Å²) in [5, 5.41) is 4.20. The van der Waals surface area contributed by atoms with E-state index in [1.54, 1.807) is 0 Å². The summed E-state index contributed by atoms with van der Waals surface area (Å²) in [6.45, 7) is 8.08. The Kier molecular flexibility index (Phi) is 6.75. The monoisotopic (exact) mass is 333 g/mol. The van der Waals surface area contributed by atoms with Crippen LogP contribution in [-0.4, -0.2) is 12.7 Å². The van der Waals surface area contributed by atoms with Gasteiger partial charge < -0.3 is 14.8 Å². The molecule has 0 unspecified atom stereocenters. The summed E-state index contributed by atoms with van der Waals surface area (Å²) in [5.74, 6) is 1.58. The molecule has 23 heavy (non-hydrogen) atoms. The fourth-order valence-electron chi connectivity index (χ4n) is 2.27. The van der Waals surface area contributed by atoms with Gasteiger partial charge in [0.15, 0.2) is 11.5 Å². The Morgan fingerprint density at radius 3 is 2.52 bits per heavy atom. The summed E-state index contributed by atoms with van der Waals surface area (Å²) < 4.78 is 11.5. The van der Waals surface area contributed by atoms with Crippen LogP contribution in [0.25, 0.3) is 0 Å². The van der Waals surface area contributed by atoms with Crippen LogP contribution in [0.3, 0.4) is 0 Å². The normalized spacial score (nSPS) is 10.8. The smallest absolute Gasteiger partial charge is 0.161 e. The van der Waals surface area contributed by atoms with Crippen molar-refractivity contribution < 1.29 is 9.47 Å². The van der Waals surface area contributed by atoms with Gasteiger partial charge in [-0.3, -0.25) is 0 Å². The van der Waals surface area contributed by atoms with Gasteiger partial charge in [-0.2, -0.15) is 0 Å². The molecule has 2 rings (SSSR count). The Morgan fingerprint density at radius 1 is 1.04 bits per heavy atom. The maximum Gasteiger partial charge on any atom is 0.161 e. The third-order valence-electron chi connectivity index (χ3n) is 3.27. The molecule has 0 aliphatic carbocycles. The van der Waals surface area contributed by atoms with Gasteiger partial charge in [0.25, 0.3) is 0 Å². The molecule has 0 aliphatic rings. The maximum absolute atomic E-state index is 6.17. The minimum Gasteiger partial charge on any atom is -0.490 e. The van der Waals surface area contributed by atoms with Gasteiger partial charge in [0.2, 0.25) is 0 Å². The van der Waals surface area contributed by atoms with E-state index < -0.39 is 0 Å². The lowest BCUT2D eigenvalue weighted by Crippen LogP contribution is -2.13. The molecule has 0 atom stereocenters. The van der Waals surface area contributed by atoms with Crippen LogP contribution in [0.2, 0.25) is 5.02 Å². The topological polar surface area (TPSA) is 30.5 Å². The van der Waals surface area contributed by atoms with Crippen LogP contribution >= 0.6 is 11.6 Å². The van der Waals surface area contributed by atoms with Gasteiger partial charge in [0, 0.05) is 18.1 Å². The van der Waals surface area contributed by atoms with Gasteiger partial charge in [-0.25, -0.2) is 0 Å². The molecule has 2 aromatic carbocycles. The van der Waals surface area contributed by atoms with Gasteiger partial charge in [-0.15, -0.1) is 0 Å². The van der Waals surface area contributed by atoms with Crippen molar-refractivity contribution in [3.8, 4) is 11.5 Å². The van der Waals surface area contributed by atoms with Gasteiger partial charge in [-0.05, 0) is 50.1 Å². The van der Waals surface area contributed by atoms with Crippen molar-refractivity contribution in [1.82, 2.24) is 5.32 Å². The average Bonchev–Trinajstić information content (AvgIpc) is 2.51. The van der Waals surface area contributed by atoms with Crippen LogP contribution in [0.4, 0.5) is 0 Å². The maximum atomic E-state index is 6.17. The second-order valence-corrected chi connectivity index (χ2v) is 5.98. The molecule has 4 heteroatoms. The van der Waals surface area contributed by atoms with Crippen molar-refractivity contribution in [3.05, 3.63) is 58.6 Å². The first-order chi connectivity index (χ1) is 11.1. The van der Waals surface area contributed by atoms with Crippen LogP contribution in [0.5, 0.6) is 11.5 Å². The third kappa shape index (κ3) is 5.45. The summed E-state index contributed by atoms with van der Waals surface area (Å²) in [6, 6.07) is 13.9. The molecule has 0 amide bonds. The highest BCUT2D eigenvalue weighted by molar-refractivity contribution is 6.31. The quantitative estimate of drug-likeness (QED) is 0.751. The second-order valence-electron chi connectivity index (χ2n) is 5.58. The number of benzene rings is 2. The Balaban J connectivity index is 1.99. The van der Waals surface area contributed by atoms with E-state index in [4.69, 9.17) is 21.1 Å². The van der Waals surface area contributed by atoms with E-state index >= 15 is 0 Å². The first-order valence-electron chi connectivity index (χ1n) is 7.96. The van der Waals surface area contributed by atoms with E-state index in [1.807, 2.05) is 57.2 Å².